The van der Waals surface area contributed by atoms with Gasteiger partial charge in [-0.3, -0.25) is 9.78 Å². The van der Waals surface area contributed by atoms with Crippen LogP contribution in [0.5, 0.6) is 0 Å². The Morgan fingerprint density at radius 2 is 1.63 bits per heavy atom. The molecule has 1 atom stereocenters. The number of benzene rings is 2. The number of anilines is 2. The van der Waals surface area contributed by atoms with Gasteiger partial charge in [0.15, 0.2) is 0 Å². The van der Waals surface area contributed by atoms with Gasteiger partial charge in [-0.2, -0.15) is 0 Å². The first-order valence-electron chi connectivity index (χ1n) is 8.82. The molecule has 0 bridgehead atoms. The molecule has 0 unspecified atom stereocenters. The smallest absolute Gasteiger partial charge is 0.319 e. The van der Waals surface area contributed by atoms with Gasteiger partial charge in [-0.15, -0.1) is 0 Å². The van der Waals surface area contributed by atoms with Crippen molar-refractivity contribution in [3.05, 3.63) is 66.9 Å². The molecule has 0 fully saturated rings. The summed E-state index contributed by atoms with van der Waals surface area (Å²) in [5, 5.41) is 9.31. The first-order valence-corrected chi connectivity index (χ1v) is 8.82. The number of nitrogens with one attached hydrogen (secondary N) is 3. The lowest BCUT2D eigenvalue weighted by Crippen LogP contribution is -2.48. The van der Waals surface area contributed by atoms with Crippen molar-refractivity contribution in [3.63, 3.8) is 0 Å². The molecule has 27 heavy (non-hydrogen) atoms. The molecule has 2 aromatic carbocycles. The maximum atomic E-state index is 12.8. The van der Waals surface area contributed by atoms with Gasteiger partial charge in [0, 0.05) is 17.3 Å². The molecule has 0 aliphatic rings. The minimum Gasteiger partial charge on any atom is -0.326 e. The monoisotopic (exact) mass is 362 g/mol. The summed E-state index contributed by atoms with van der Waals surface area (Å²) < 4.78 is 0. The van der Waals surface area contributed by atoms with Crippen LogP contribution in [0.1, 0.15) is 13.8 Å². The van der Waals surface area contributed by atoms with Gasteiger partial charge in [0.2, 0.25) is 5.91 Å². The van der Waals surface area contributed by atoms with Crippen molar-refractivity contribution in [2.75, 3.05) is 10.6 Å². The average molecular weight is 362 g/mol. The minimum atomic E-state index is -0.687. The molecule has 3 N–H and O–H groups in total. The van der Waals surface area contributed by atoms with Gasteiger partial charge in [-0.25, -0.2) is 4.79 Å². The number of amides is 3. The Morgan fingerprint density at radius 3 is 2.37 bits per heavy atom. The van der Waals surface area contributed by atoms with E-state index in [4.69, 9.17) is 0 Å². The van der Waals surface area contributed by atoms with Gasteiger partial charge in [0.1, 0.15) is 6.04 Å². The zero-order valence-corrected chi connectivity index (χ0v) is 15.3. The topological polar surface area (TPSA) is 83.1 Å². The normalized spacial score (nSPS) is 11.8. The maximum absolute atomic E-state index is 12.8. The summed E-state index contributed by atoms with van der Waals surface area (Å²) in [5.41, 5.74) is 2.00. The van der Waals surface area contributed by atoms with E-state index < -0.39 is 12.1 Å². The van der Waals surface area contributed by atoms with E-state index in [9.17, 15) is 9.59 Å². The molecule has 6 nitrogen and oxygen atoms in total. The third-order valence-corrected chi connectivity index (χ3v) is 4.16. The molecule has 0 saturated carbocycles. The quantitative estimate of drug-likeness (QED) is 0.641. The molecule has 0 aliphatic heterocycles. The highest BCUT2D eigenvalue weighted by Crippen LogP contribution is 2.21. The number of urea groups is 1. The number of pyridine rings is 1. The minimum absolute atomic E-state index is 0.0885. The Kier molecular flexibility index (Phi) is 5.66. The number of carbonyl (C=O) groups excluding carboxylic acids is 2. The van der Waals surface area contributed by atoms with Crippen LogP contribution in [-0.4, -0.2) is 23.0 Å². The van der Waals surface area contributed by atoms with Crippen molar-refractivity contribution in [1.82, 2.24) is 10.3 Å². The van der Waals surface area contributed by atoms with Crippen LogP contribution in [0.25, 0.3) is 10.9 Å². The van der Waals surface area contributed by atoms with Crippen LogP contribution in [0.3, 0.4) is 0 Å². The third kappa shape index (κ3) is 4.61. The Labute approximate surface area is 158 Å². The third-order valence-electron chi connectivity index (χ3n) is 4.16. The van der Waals surface area contributed by atoms with Gasteiger partial charge < -0.3 is 16.0 Å². The van der Waals surface area contributed by atoms with E-state index >= 15 is 0 Å². The lowest BCUT2D eigenvalue weighted by atomic mass is 10.0. The predicted molar refractivity (Wildman–Crippen MR) is 108 cm³/mol. The average Bonchev–Trinajstić information content (AvgIpc) is 2.67. The van der Waals surface area contributed by atoms with Crippen LogP contribution >= 0.6 is 0 Å². The van der Waals surface area contributed by atoms with Crippen LogP contribution < -0.4 is 16.0 Å². The number of nitrogens with zero attached hydrogens (tertiary/aromatic N) is 1. The zero-order valence-electron chi connectivity index (χ0n) is 15.3. The lowest BCUT2D eigenvalue weighted by molar-refractivity contribution is -0.118. The van der Waals surface area contributed by atoms with Crippen molar-refractivity contribution in [1.29, 1.82) is 0 Å². The number of aromatic nitrogens is 1. The number of para-hydroxylation sites is 2. The van der Waals surface area contributed by atoms with Crippen molar-refractivity contribution < 1.29 is 9.59 Å². The summed E-state index contributed by atoms with van der Waals surface area (Å²) >= 11 is 0. The molecule has 3 amide bonds. The maximum Gasteiger partial charge on any atom is 0.319 e. The van der Waals surface area contributed by atoms with Crippen LogP contribution in [-0.2, 0) is 4.79 Å². The molecule has 0 saturated heterocycles. The van der Waals surface area contributed by atoms with Crippen molar-refractivity contribution in [3.8, 4) is 0 Å². The summed E-state index contributed by atoms with van der Waals surface area (Å²) in [6.45, 7) is 3.77. The Hall–Kier alpha value is -3.41. The zero-order chi connectivity index (χ0) is 19.2. The van der Waals surface area contributed by atoms with Gasteiger partial charge in [-0.05, 0) is 30.2 Å². The van der Waals surface area contributed by atoms with E-state index in [-0.39, 0.29) is 11.8 Å². The van der Waals surface area contributed by atoms with E-state index in [0.717, 1.165) is 5.39 Å². The number of hydrogen-bond donors (Lipinski definition) is 3. The molecule has 1 heterocycles. The van der Waals surface area contributed by atoms with Gasteiger partial charge in [-0.1, -0.05) is 50.2 Å². The second kappa shape index (κ2) is 8.31. The fourth-order valence-corrected chi connectivity index (χ4v) is 2.78. The van der Waals surface area contributed by atoms with Crippen molar-refractivity contribution >= 4 is 34.2 Å². The predicted octanol–water partition coefficient (Wildman–Crippen LogP) is 4.02. The van der Waals surface area contributed by atoms with E-state index in [1.54, 1.807) is 24.4 Å². The Bertz CT molecular complexity index is 936. The first-order chi connectivity index (χ1) is 13.0. The molecule has 3 rings (SSSR count). The second-order valence-electron chi connectivity index (χ2n) is 6.56. The van der Waals surface area contributed by atoms with Crippen LogP contribution in [0.4, 0.5) is 16.2 Å². The molecular formula is C21H22N4O2. The largest absolute Gasteiger partial charge is 0.326 e. The molecular weight excluding hydrogens is 340 g/mol. The summed E-state index contributed by atoms with van der Waals surface area (Å²) in [6, 6.07) is 17.4. The lowest BCUT2D eigenvalue weighted by Gasteiger charge is -2.22. The number of rotatable bonds is 5. The molecule has 1 aromatic heterocycles. The van der Waals surface area contributed by atoms with Gasteiger partial charge >= 0.3 is 6.03 Å². The second-order valence-corrected chi connectivity index (χ2v) is 6.56. The molecule has 0 radical (unpaired) electrons. The van der Waals surface area contributed by atoms with Crippen LogP contribution in [0.2, 0.25) is 0 Å². The van der Waals surface area contributed by atoms with E-state index in [0.29, 0.717) is 16.9 Å². The highest BCUT2D eigenvalue weighted by Gasteiger charge is 2.25. The molecule has 138 valence electrons. The number of fused-ring (bicyclic) bond motifs is 1. The number of carbonyl (C=O) groups is 2. The summed E-state index contributed by atoms with van der Waals surface area (Å²) in [7, 11) is 0. The molecule has 0 spiro atoms. The standard InChI is InChI=1S/C21H22N4O2/c1-14(2)18(25-21(27)23-16-10-4-3-5-11-16)20(26)24-17-12-6-8-15-9-7-13-22-19(15)17/h3-14,18H,1-2H3,(H,24,26)(H2,23,25,27)/t18-/m0/s1. The van der Waals surface area contributed by atoms with E-state index in [2.05, 4.69) is 20.9 Å². The Morgan fingerprint density at radius 1 is 0.889 bits per heavy atom. The van der Waals surface area contributed by atoms with Crippen LogP contribution in [0, 0.1) is 5.92 Å². The van der Waals surface area contributed by atoms with Gasteiger partial charge in [0.05, 0.1) is 11.2 Å². The van der Waals surface area contributed by atoms with Gasteiger partial charge in [0.25, 0.3) is 0 Å². The highest BCUT2D eigenvalue weighted by molar-refractivity contribution is 6.04. The molecule has 6 heteroatoms. The van der Waals surface area contributed by atoms with E-state index in [1.165, 1.54) is 0 Å². The number of hydrogen-bond acceptors (Lipinski definition) is 3. The molecule has 0 aliphatic carbocycles. The fraction of sp³-hybridized carbons (Fsp3) is 0.190. The summed E-state index contributed by atoms with van der Waals surface area (Å²) in [4.78, 5) is 29.4. The first kappa shape index (κ1) is 18.4. The summed E-state index contributed by atoms with van der Waals surface area (Å²) in [5.74, 6) is -0.374. The fourth-order valence-electron chi connectivity index (χ4n) is 2.78. The summed E-state index contributed by atoms with van der Waals surface area (Å²) in [6.07, 6.45) is 1.68. The van der Waals surface area contributed by atoms with Crippen molar-refractivity contribution in [2.45, 2.75) is 19.9 Å². The van der Waals surface area contributed by atoms with Crippen molar-refractivity contribution in [2.24, 2.45) is 5.92 Å². The Balaban J connectivity index is 1.72. The highest BCUT2D eigenvalue weighted by atomic mass is 16.2. The SMILES string of the molecule is CC(C)[C@H](NC(=O)Nc1ccccc1)C(=O)Nc1cccc2cccnc12. The van der Waals surface area contributed by atoms with Crippen LogP contribution in [0.15, 0.2) is 66.9 Å². The van der Waals surface area contributed by atoms with E-state index in [1.807, 2.05) is 56.3 Å². The molecule has 3 aromatic rings.